The highest BCUT2D eigenvalue weighted by atomic mass is 32.1. The summed E-state index contributed by atoms with van der Waals surface area (Å²) in [5, 5.41) is 9.36. The molecule has 3 aromatic rings. The highest BCUT2D eigenvalue weighted by Crippen LogP contribution is 2.23. The number of hydrogen-bond acceptors (Lipinski definition) is 6. The molecule has 0 spiro atoms. The van der Waals surface area contributed by atoms with Crippen molar-refractivity contribution in [3.63, 3.8) is 0 Å². The van der Waals surface area contributed by atoms with Crippen molar-refractivity contribution in [2.75, 3.05) is 6.54 Å². The third kappa shape index (κ3) is 4.43. The van der Waals surface area contributed by atoms with Crippen LogP contribution in [0, 0.1) is 13.8 Å². The van der Waals surface area contributed by atoms with Gasteiger partial charge in [-0.05, 0) is 26.7 Å². The molecule has 1 aliphatic heterocycles. The van der Waals surface area contributed by atoms with Gasteiger partial charge in [-0.25, -0.2) is 4.98 Å². The Hall–Kier alpha value is -3.00. The van der Waals surface area contributed by atoms with Gasteiger partial charge in [-0.3, -0.25) is 9.59 Å². The van der Waals surface area contributed by atoms with Gasteiger partial charge < -0.3 is 14.7 Å². The first-order valence-electron chi connectivity index (χ1n) is 10.0. The fourth-order valence-corrected chi connectivity index (χ4v) is 4.36. The van der Waals surface area contributed by atoms with Crippen molar-refractivity contribution in [2.45, 2.75) is 45.7 Å². The first kappa shape index (κ1) is 20.3. The van der Waals surface area contributed by atoms with Crippen LogP contribution in [-0.4, -0.2) is 39.4 Å². The SMILES string of the molecule is Cc1noc(C)c1CN1CCC(NC(=O)c2nc(-c3ccccc3)cs2)CCC1=O. The molecule has 156 valence electrons. The molecular weight excluding hydrogens is 400 g/mol. The summed E-state index contributed by atoms with van der Waals surface area (Å²) >= 11 is 1.34. The van der Waals surface area contributed by atoms with Crippen molar-refractivity contribution in [1.29, 1.82) is 0 Å². The molecule has 0 radical (unpaired) electrons. The van der Waals surface area contributed by atoms with Gasteiger partial charge in [0.05, 0.1) is 17.9 Å². The third-order valence-corrected chi connectivity index (χ3v) is 6.28. The fraction of sp³-hybridized carbons (Fsp3) is 0.364. The maximum atomic E-state index is 12.7. The van der Waals surface area contributed by atoms with E-state index < -0.39 is 0 Å². The topological polar surface area (TPSA) is 88.3 Å². The predicted octanol–water partition coefficient (Wildman–Crippen LogP) is 3.73. The van der Waals surface area contributed by atoms with Crippen molar-refractivity contribution in [3.8, 4) is 11.3 Å². The minimum absolute atomic E-state index is 0.0554. The molecule has 1 aromatic carbocycles. The Labute approximate surface area is 179 Å². The molecule has 8 heteroatoms. The molecule has 0 saturated carbocycles. The molecule has 0 aliphatic carbocycles. The summed E-state index contributed by atoms with van der Waals surface area (Å²) in [5.41, 5.74) is 3.56. The minimum atomic E-state index is -0.182. The molecule has 3 heterocycles. The number of carbonyl (C=O) groups excluding carboxylic acids is 2. The summed E-state index contributed by atoms with van der Waals surface area (Å²) < 4.78 is 5.21. The molecule has 2 aromatic heterocycles. The average molecular weight is 425 g/mol. The van der Waals surface area contributed by atoms with E-state index in [-0.39, 0.29) is 17.9 Å². The van der Waals surface area contributed by atoms with Gasteiger partial charge in [0.15, 0.2) is 5.01 Å². The van der Waals surface area contributed by atoms with Crippen LogP contribution in [0.15, 0.2) is 40.2 Å². The number of amides is 2. The lowest BCUT2D eigenvalue weighted by molar-refractivity contribution is -0.131. The van der Waals surface area contributed by atoms with E-state index in [1.165, 1.54) is 11.3 Å². The van der Waals surface area contributed by atoms with E-state index in [2.05, 4.69) is 15.5 Å². The van der Waals surface area contributed by atoms with Crippen LogP contribution in [0.1, 0.15) is 46.1 Å². The lowest BCUT2D eigenvalue weighted by atomic mass is 10.1. The molecule has 4 rings (SSSR count). The number of aryl methyl sites for hydroxylation is 2. The maximum Gasteiger partial charge on any atom is 0.280 e. The third-order valence-electron chi connectivity index (χ3n) is 5.44. The maximum absolute atomic E-state index is 12.7. The molecule has 2 amide bonds. The van der Waals surface area contributed by atoms with Gasteiger partial charge in [0.25, 0.3) is 5.91 Å². The van der Waals surface area contributed by atoms with Gasteiger partial charge in [0.2, 0.25) is 5.91 Å². The monoisotopic (exact) mass is 424 g/mol. The van der Waals surface area contributed by atoms with Gasteiger partial charge in [-0.1, -0.05) is 35.5 Å². The number of benzene rings is 1. The molecule has 0 bridgehead atoms. The first-order valence-corrected chi connectivity index (χ1v) is 10.9. The van der Waals surface area contributed by atoms with E-state index in [1.807, 2.05) is 54.5 Å². The van der Waals surface area contributed by atoms with Crippen LogP contribution in [0.5, 0.6) is 0 Å². The van der Waals surface area contributed by atoms with Crippen molar-refractivity contribution in [2.24, 2.45) is 0 Å². The van der Waals surface area contributed by atoms with Gasteiger partial charge in [0, 0.05) is 35.5 Å². The number of rotatable bonds is 5. The standard InChI is InChI=1S/C22H24N4O3S/c1-14-18(15(2)29-25-14)12-26-11-10-17(8-9-20(26)27)23-21(28)22-24-19(13-30-22)16-6-4-3-5-7-16/h3-7,13,17H,8-12H2,1-2H3,(H,23,28). The molecule has 1 unspecified atom stereocenters. The number of nitrogens with zero attached hydrogens (tertiary/aromatic N) is 3. The van der Waals surface area contributed by atoms with Crippen LogP contribution in [0.4, 0.5) is 0 Å². The smallest absolute Gasteiger partial charge is 0.280 e. The van der Waals surface area contributed by atoms with E-state index in [0.29, 0.717) is 37.4 Å². The van der Waals surface area contributed by atoms with E-state index in [9.17, 15) is 9.59 Å². The van der Waals surface area contributed by atoms with Gasteiger partial charge in [-0.2, -0.15) is 0 Å². The Morgan fingerprint density at radius 1 is 1.27 bits per heavy atom. The van der Waals surface area contributed by atoms with Gasteiger partial charge in [0.1, 0.15) is 5.76 Å². The van der Waals surface area contributed by atoms with E-state index in [1.54, 1.807) is 0 Å². The number of likely N-dealkylation sites (tertiary alicyclic amines) is 1. The van der Waals surface area contributed by atoms with Crippen LogP contribution in [0.25, 0.3) is 11.3 Å². The zero-order chi connectivity index (χ0) is 21.1. The highest BCUT2D eigenvalue weighted by molar-refractivity contribution is 7.12. The molecule has 7 nitrogen and oxygen atoms in total. The van der Waals surface area contributed by atoms with E-state index in [0.717, 1.165) is 28.3 Å². The number of thiazole rings is 1. The summed E-state index contributed by atoms with van der Waals surface area (Å²) in [5.74, 6) is 0.651. The largest absolute Gasteiger partial charge is 0.361 e. The second kappa shape index (κ2) is 8.79. The van der Waals surface area contributed by atoms with Crippen LogP contribution in [0.2, 0.25) is 0 Å². The molecule has 1 atom stereocenters. The number of aromatic nitrogens is 2. The molecule has 30 heavy (non-hydrogen) atoms. The van der Waals surface area contributed by atoms with Crippen LogP contribution in [0.3, 0.4) is 0 Å². The van der Waals surface area contributed by atoms with Crippen molar-refractivity contribution >= 4 is 23.2 Å². The Morgan fingerprint density at radius 2 is 2.07 bits per heavy atom. The van der Waals surface area contributed by atoms with E-state index in [4.69, 9.17) is 4.52 Å². The van der Waals surface area contributed by atoms with Crippen LogP contribution < -0.4 is 5.32 Å². The number of hydrogen-bond donors (Lipinski definition) is 1. The lowest BCUT2D eigenvalue weighted by Crippen LogP contribution is -2.36. The van der Waals surface area contributed by atoms with Crippen molar-refractivity contribution in [3.05, 3.63) is 57.7 Å². The summed E-state index contributed by atoms with van der Waals surface area (Å²) in [6, 6.07) is 9.74. The van der Waals surface area contributed by atoms with Gasteiger partial charge in [-0.15, -0.1) is 11.3 Å². The molecule has 1 aliphatic rings. The van der Waals surface area contributed by atoms with Crippen molar-refractivity contribution in [1.82, 2.24) is 20.4 Å². The zero-order valence-electron chi connectivity index (χ0n) is 17.1. The Bertz CT molecular complexity index is 1020. The summed E-state index contributed by atoms with van der Waals surface area (Å²) in [7, 11) is 0. The lowest BCUT2D eigenvalue weighted by Gasteiger charge is -2.21. The summed E-state index contributed by atoms with van der Waals surface area (Å²) in [4.78, 5) is 31.6. The number of nitrogens with one attached hydrogen (secondary N) is 1. The second-order valence-electron chi connectivity index (χ2n) is 7.52. The fourth-order valence-electron chi connectivity index (χ4n) is 3.63. The Balaban J connectivity index is 1.37. The highest BCUT2D eigenvalue weighted by Gasteiger charge is 2.26. The predicted molar refractivity (Wildman–Crippen MR) is 114 cm³/mol. The average Bonchev–Trinajstić information content (AvgIpc) is 3.32. The van der Waals surface area contributed by atoms with Crippen molar-refractivity contribution < 1.29 is 14.1 Å². The van der Waals surface area contributed by atoms with Crippen LogP contribution >= 0.6 is 11.3 Å². The first-order chi connectivity index (χ1) is 14.5. The van der Waals surface area contributed by atoms with E-state index >= 15 is 0 Å². The molecule has 1 N–H and O–H groups in total. The molecular formula is C22H24N4O3S. The summed E-state index contributed by atoms with van der Waals surface area (Å²) in [6.07, 6.45) is 1.73. The minimum Gasteiger partial charge on any atom is -0.361 e. The second-order valence-corrected chi connectivity index (χ2v) is 8.38. The quantitative estimate of drug-likeness (QED) is 0.674. The van der Waals surface area contributed by atoms with Crippen LogP contribution in [-0.2, 0) is 11.3 Å². The molecule has 1 fully saturated rings. The summed E-state index contributed by atoms with van der Waals surface area (Å²) in [6.45, 7) is 4.82. The zero-order valence-corrected chi connectivity index (χ0v) is 17.9. The van der Waals surface area contributed by atoms with Gasteiger partial charge >= 0.3 is 0 Å². The Kier molecular flexibility index (Phi) is 5.94. The Morgan fingerprint density at radius 3 is 2.80 bits per heavy atom. The number of carbonyl (C=O) groups is 2. The normalized spacial score (nSPS) is 17.1. The molecule has 1 saturated heterocycles.